The Bertz CT molecular complexity index is 1390. The number of nitrogens with one attached hydrogen (secondary N) is 1. The minimum atomic E-state index is -3.13. The third-order valence-electron chi connectivity index (χ3n) is 8.03. The van der Waals surface area contributed by atoms with Gasteiger partial charge < -0.3 is 4.74 Å². The zero-order valence-corrected chi connectivity index (χ0v) is 21.0. The lowest BCUT2D eigenvalue weighted by Crippen LogP contribution is -2.33. The molecule has 0 aliphatic heterocycles. The molecular weight excluding hydrogens is 465 g/mol. The van der Waals surface area contributed by atoms with Gasteiger partial charge in [-0.15, -0.1) is 0 Å². The molecule has 5 heteroatoms. The van der Waals surface area contributed by atoms with Crippen molar-refractivity contribution in [2.24, 2.45) is 5.41 Å². The van der Waals surface area contributed by atoms with Gasteiger partial charge in [0, 0.05) is 27.5 Å². The molecule has 0 radical (unpaired) electrons. The lowest BCUT2D eigenvalue weighted by Gasteiger charge is -2.29. The molecule has 4 aromatic rings. The van der Waals surface area contributed by atoms with E-state index >= 15 is 0 Å². The number of ether oxygens (including phenoxy) is 1. The zero-order valence-electron chi connectivity index (χ0n) is 20.1. The van der Waals surface area contributed by atoms with Crippen molar-refractivity contribution in [3.63, 3.8) is 0 Å². The molecular formula is C31H28NO3P. The van der Waals surface area contributed by atoms with Crippen molar-refractivity contribution in [1.29, 1.82) is 0 Å². The van der Waals surface area contributed by atoms with Gasteiger partial charge >= 0.3 is 5.97 Å². The van der Waals surface area contributed by atoms with Gasteiger partial charge in [-0.2, -0.15) is 0 Å². The van der Waals surface area contributed by atoms with Crippen LogP contribution in [0.1, 0.15) is 40.4 Å². The van der Waals surface area contributed by atoms with E-state index < -0.39 is 7.29 Å². The average molecular weight is 494 g/mol. The van der Waals surface area contributed by atoms with Crippen LogP contribution in [0.15, 0.2) is 115 Å². The third-order valence-corrected chi connectivity index (χ3v) is 10.7. The second-order valence-corrected chi connectivity index (χ2v) is 12.4. The molecule has 1 unspecified atom stereocenters. The van der Waals surface area contributed by atoms with Gasteiger partial charge in [0.1, 0.15) is 0 Å². The first-order valence-corrected chi connectivity index (χ1v) is 14.0. The van der Waals surface area contributed by atoms with Gasteiger partial charge in [0.2, 0.25) is 7.29 Å². The highest BCUT2D eigenvalue weighted by Gasteiger charge is 2.86. The van der Waals surface area contributed by atoms with Gasteiger partial charge in [-0.05, 0) is 60.4 Å². The Morgan fingerprint density at radius 2 is 1.28 bits per heavy atom. The average Bonchev–Trinajstić information content (AvgIpc) is 3.81. The summed E-state index contributed by atoms with van der Waals surface area (Å²) in [4.78, 5) is 11.9. The van der Waals surface area contributed by atoms with Gasteiger partial charge in [-0.1, -0.05) is 78.9 Å². The molecule has 2 aliphatic rings. The van der Waals surface area contributed by atoms with E-state index in [1.54, 1.807) is 0 Å². The SMILES string of the molecule is COC(=O)c1ccc(C23CC2(C(NP(=O)(c2ccccc2)c2ccccc2)c2ccccc2)C3)cc1. The van der Waals surface area contributed by atoms with Crippen LogP contribution in [-0.2, 0) is 14.7 Å². The van der Waals surface area contributed by atoms with E-state index in [0.29, 0.717) is 5.56 Å². The summed E-state index contributed by atoms with van der Waals surface area (Å²) in [6.07, 6.45) is 2.04. The maximum atomic E-state index is 14.9. The van der Waals surface area contributed by atoms with Gasteiger partial charge in [0.05, 0.1) is 12.7 Å². The number of carbonyl (C=O) groups excluding carboxylic acids is 1. The molecule has 1 atom stereocenters. The molecule has 0 spiro atoms. The molecule has 0 bridgehead atoms. The van der Waals surface area contributed by atoms with Gasteiger partial charge in [0.15, 0.2) is 0 Å². The lowest BCUT2D eigenvalue weighted by molar-refractivity contribution is 0.0600. The van der Waals surface area contributed by atoms with Crippen LogP contribution < -0.4 is 15.7 Å². The van der Waals surface area contributed by atoms with Crippen LogP contribution >= 0.6 is 7.29 Å². The minimum absolute atomic E-state index is 0.0135. The zero-order chi connectivity index (χ0) is 24.8. The number of carbonyl (C=O) groups is 1. The molecule has 4 aromatic carbocycles. The standard InChI is InChI=1S/C31H28NO3P/c1-35-29(33)24-17-19-25(20-18-24)30-21-31(30,22-30)28(23-11-5-2-6-12-23)32-36(34,26-13-7-3-8-14-26)27-15-9-4-10-16-27/h2-20,28H,21-22H2,1H3,(H,32,34). The van der Waals surface area contributed by atoms with Crippen LogP contribution in [0.5, 0.6) is 0 Å². The number of benzene rings is 4. The fraction of sp³-hybridized carbons (Fsp3) is 0.194. The van der Waals surface area contributed by atoms with Gasteiger partial charge in [-0.3, -0.25) is 9.65 Å². The number of hydrogen-bond acceptors (Lipinski definition) is 3. The Balaban J connectivity index is 1.40. The predicted octanol–water partition coefficient (Wildman–Crippen LogP) is 5.76. The normalized spacial score (nSPS) is 22.8. The number of fused-ring (bicyclic) bond motifs is 1. The maximum absolute atomic E-state index is 14.9. The monoisotopic (exact) mass is 493 g/mol. The molecule has 4 nitrogen and oxygen atoms in total. The van der Waals surface area contributed by atoms with E-state index in [4.69, 9.17) is 4.74 Å². The summed E-state index contributed by atoms with van der Waals surface area (Å²) in [5, 5.41) is 5.35. The second-order valence-electron chi connectivity index (χ2n) is 9.91. The van der Waals surface area contributed by atoms with Gasteiger partial charge in [-0.25, -0.2) is 4.79 Å². The quantitative estimate of drug-likeness (QED) is 0.250. The van der Waals surface area contributed by atoms with Gasteiger partial charge in [0.25, 0.3) is 0 Å². The van der Waals surface area contributed by atoms with Crippen LogP contribution in [0.2, 0.25) is 0 Å². The fourth-order valence-corrected chi connectivity index (χ4v) is 8.41. The molecule has 2 fully saturated rings. The Morgan fingerprint density at radius 1 is 0.778 bits per heavy atom. The third kappa shape index (κ3) is 3.56. The highest BCUT2D eigenvalue weighted by Crippen LogP contribution is 2.90. The van der Waals surface area contributed by atoms with Crippen molar-refractivity contribution >= 4 is 23.9 Å². The fourth-order valence-electron chi connectivity index (χ4n) is 5.87. The molecule has 2 saturated carbocycles. The summed E-state index contributed by atoms with van der Waals surface area (Å²) in [7, 11) is -1.73. The van der Waals surface area contributed by atoms with Crippen LogP contribution in [0.3, 0.4) is 0 Å². The predicted molar refractivity (Wildman–Crippen MR) is 143 cm³/mol. The summed E-state index contributed by atoms with van der Waals surface area (Å²) >= 11 is 0. The summed E-state index contributed by atoms with van der Waals surface area (Å²) < 4.78 is 19.8. The Labute approximate surface area is 211 Å². The van der Waals surface area contributed by atoms with Crippen molar-refractivity contribution in [3.8, 4) is 0 Å². The molecule has 1 N–H and O–H groups in total. The highest BCUT2D eigenvalue weighted by atomic mass is 31.2. The molecule has 0 aromatic heterocycles. The Kier molecular flexibility index (Phi) is 5.48. The largest absolute Gasteiger partial charge is 0.465 e. The summed E-state index contributed by atoms with van der Waals surface area (Å²) in [6, 6.07) is 37.6. The Morgan fingerprint density at radius 3 is 1.78 bits per heavy atom. The molecule has 36 heavy (non-hydrogen) atoms. The maximum Gasteiger partial charge on any atom is 0.337 e. The van der Waals surface area contributed by atoms with E-state index in [0.717, 1.165) is 29.0 Å². The van der Waals surface area contributed by atoms with E-state index in [1.165, 1.54) is 12.7 Å². The molecule has 180 valence electrons. The number of rotatable bonds is 8. The summed E-state index contributed by atoms with van der Waals surface area (Å²) in [5.41, 5.74) is 2.95. The first-order chi connectivity index (χ1) is 17.5. The van der Waals surface area contributed by atoms with E-state index in [-0.39, 0.29) is 22.8 Å². The van der Waals surface area contributed by atoms with Crippen LogP contribution in [0.4, 0.5) is 0 Å². The van der Waals surface area contributed by atoms with E-state index in [1.807, 2.05) is 91.0 Å². The van der Waals surface area contributed by atoms with Crippen molar-refractivity contribution in [1.82, 2.24) is 5.09 Å². The lowest BCUT2D eigenvalue weighted by atomic mass is 9.97. The van der Waals surface area contributed by atoms with Crippen LogP contribution in [-0.4, -0.2) is 13.1 Å². The number of hydrogen-bond donors (Lipinski definition) is 1. The van der Waals surface area contributed by atoms with E-state index in [9.17, 15) is 9.36 Å². The van der Waals surface area contributed by atoms with Crippen molar-refractivity contribution in [2.45, 2.75) is 24.3 Å². The van der Waals surface area contributed by atoms with E-state index in [2.05, 4.69) is 29.4 Å². The molecule has 0 amide bonds. The molecule has 0 saturated heterocycles. The van der Waals surface area contributed by atoms with Crippen molar-refractivity contribution in [2.75, 3.05) is 7.11 Å². The first-order valence-electron chi connectivity index (χ1n) is 12.3. The van der Waals surface area contributed by atoms with Crippen molar-refractivity contribution < 1.29 is 14.1 Å². The minimum Gasteiger partial charge on any atom is -0.465 e. The smallest absolute Gasteiger partial charge is 0.337 e. The second kappa shape index (κ2) is 8.58. The number of methoxy groups -OCH3 is 1. The molecule has 2 aliphatic carbocycles. The summed E-state index contributed by atoms with van der Waals surface area (Å²) in [6.45, 7) is 0. The molecule has 0 heterocycles. The van der Waals surface area contributed by atoms with Crippen LogP contribution in [0.25, 0.3) is 0 Å². The molecule has 6 rings (SSSR count). The summed E-state index contributed by atoms with van der Waals surface area (Å²) in [5.74, 6) is -0.326. The van der Waals surface area contributed by atoms with Crippen molar-refractivity contribution in [3.05, 3.63) is 132 Å². The highest BCUT2D eigenvalue weighted by molar-refractivity contribution is 7.76. The first kappa shape index (κ1) is 23.0. The Hall–Kier alpha value is -3.46. The number of esters is 1. The topological polar surface area (TPSA) is 55.4 Å². The van der Waals surface area contributed by atoms with Crippen LogP contribution in [0, 0.1) is 5.41 Å².